The molecule has 0 bridgehead atoms. The Hall–Kier alpha value is -2.70. The molecule has 6 nitrogen and oxygen atoms in total. The van der Waals surface area contributed by atoms with Gasteiger partial charge >= 0.3 is 23.5 Å². The molecule has 0 aliphatic carbocycles. The number of hydrogen-bond donors (Lipinski definition) is 2. The summed E-state index contributed by atoms with van der Waals surface area (Å²) in [4.78, 5) is 24.3. The summed E-state index contributed by atoms with van der Waals surface area (Å²) < 4.78 is 10.1. The highest BCUT2D eigenvalue weighted by Gasteiger charge is 2.66. The Balaban J connectivity index is 2.07. The van der Waals surface area contributed by atoms with Gasteiger partial charge in [0.25, 0.3) is 0 Å². The lowest BCUT2D eigenvalue weighted by Crippen LogP contribution is -2.60. The maximum Gasteiger partial charge on any atom is 0.341 e. The van der Waals surface area contributed by atoms with Crippen LogP contribution >= 0.6 is 0 Å². The van der Waals surface area contributed by atoms with Crippen molar-refractivity contribution in [2.24, 2.45) is 0 Å². The molecule has 0 radical (unpaired) electrons. The van der Waals surface area contributed by atoms with E-state index in [2.05, 4.69) is 0 Å². The zero-order chi connectivity index (χ0) is 15.5. The van der Waals surface area contributed by atoms with Crippen molar-refractivity contribution >= 4 is 11.9 Å². The number of hydrogen-bond acceptors (Lipinski definition) is 6. The van der Waals surface area contributed by atoms with Crippen LogP contribution in [0, 0.1) is 0 Å². The number of carbonyl (C=O) groups excluding carboxylic acids is 2. The van der Waals surface area contributed by atoms with E-state index in [-0.39, 0.29) is 22.3 Å². The summed E-state index contributed by atoms with van der Waals surface area (Å²) in [6, 6.07) is 11.9. The van der Waals surface area contributed by atoms with Crippen LogP contribution in [0.2, 0.25) is 0 Å². The normalized spacial score (nSPS) is 28.8. The smallest absolute Gasteiger partial charge is 0.341 e. The number of carbonyl (C=O) groups is 2. The Bertz CT molecular complexity index is 759. The van der Waals surface area contributed by atoms with E-state index in [1.807, 2.05) is 0 Å². The molecule has 2 aliphatic heterocycles. The van der Waals surface area contributed by atoms with E-state index in [1.165, 1.54) is 24.3 Å². The highest BCUT2D eigenvalue weighted by atomic mass is 16.7. The van der Waals surface area contributed by atoms with Crippen molar-refractivity contribution in [2.45, 2.75) is 11.6 Å². The van der Waals surface area contributed by atoms with Crippen LogP contribution in [0.4, 0.5) is 0 Å². The maximum absolute atomic E-state index is 12.1. The van der Waals surface area contributed by atoms with Gasteiger partial charge in [0.1, 0.15) is 0 Å². The van der Waals surface area contributed by atoms with Gasteiger partial charge in [0.05, 0.1) is 11.1 Å². The van der Waals surface area contributed by atoms with Gasteiger partial charge in [0.2, 0.25) is 0 Å². The summed E-state index contributed by atoms with van der Waals surface area (Å²) in [5.41, 5.74) is 0.0249. The number of ether oxygens (including phenoxy) is 2. The Morgan fingerprint density at radius 1 is 0.682 bits per heavy atom. The molecule has 2 N–H and O–H groups in total. The van der Waals surface area contributed by atoms with Crippen molar-refractivity contribution in [2.75, 3.05) is 0 Å². The topological polar surface area (TPSA) is 93.1 Å². The zero-order valence-corrected chi connectivity index (χ0v) is 11.1. The van der Waals surface area contributed by atoms with Gasteiger partial charge in [-0.3, -0.25) is 0 Å². The van der Waals surface area contributed by atoms with Crippen LogP contribution in [-0.2, 0) is 21.0 Å². The Labute approximate surface area is 124 Å². The lowest BCUT2D eigenvalue weighted by atomic mass is 9.82. The standard InChI is InChI=1S/C16H10O6/c17-13-9-5-1-3-7-11(9)15(19)16(20,21-13)12-8-4-2-6-10(12)14(18)22-15/h1-8,19-20H. The average Bonchev–Trinajstić information content (AvgIpc) is 2.52. The summed E-state index contributed by atoms with van der Waals surface area (Å²) in [5.74, 6) is -6.61. The highest BCUT2D eigenvalue weighted by Crippen LogP contribution is 2.51. The van der Waals surface area contributed by atoms with Crippen LogP contribution in [0.15, 0.2) is 48.5 Å². The van der Waals surface area contributed by atoms with Crippen LogP contribution in [0.3, 0.4) is 0 Å². The average molecular weight is 298 g/mol. The minimum atomic E-state index is -2.50. The molecule has 0 aromatic heterocycles. The molecule has 6 heteroatoms. The Morgan fingerprint density at radius 3 is 1.45 bits per heavy atom. The quantitative estimate of drug-likeness (QED) is 0.705. The lowest BCUT2D eigenvalue weighted by Gasteiger charge is -2.47. The molecule has 4 rings (SSSR count). The van der Waals surface area contributed by atoms with Gasteiger partial charge in [-0.25, -0.2) is 9.59 Å². The van der Waals surface area contributed by atoms with Crippen molar-refractivity contribution in [3.63, 3.8) is 0 Å². The van der Waals surface area contributed by atoms with E-state index >= 15 is 0 Å². The van der Waals surface area contributed by atoms with E-state index in [9.17, 15) is 19.8 Å². The number of aliphatic hydroxyl groups is 2. The van der Waals surface area contributed by atoms with Crippen molar-refractivity contribution in [3.8, 4) is 0 Å². The van der Waals surface area contributed by atoms with Crippen molar-refractivity contribution in [3.05, 3.63) is 70.8 Å². The van der Waals surface area contributed by atoms with Gasteiger partial charge < -0.3 is 19.7 Å². The second-order valence-electron chi connectivity index (χ2n) is 5.16. The lowest BCUT2D eigenvalue weighted by molar-refractivity contribution is -0.377. The number of fused-ring (bicyclic) bond motifs is 5. The Morgan fingerprint density at radius 2 is 1.05 bits per heavy atom. The molecule has 0 saturated carbocycles. The highest BCUT2D eigenvalue weighted by molar-refractivity contribution is 5.97. The van der Waals surface area contributed by atoms with Crippen LogP contribution < -0.4 is 0 Å². The minimum Gasteiger partial charge on any atom is -0.417 e. The largest absolute Gasteiger partial charge is 0.417 e. The van der Waals surface area contributed by atoms with Crippen LogP contribution in [0.25, 0.3) is 0 Å². The molecule has 2 heterocycles. The molecule has 2 aliphatic rings. The summed E-state index contributed by atoms with van der Waals surface area (Å²) in [6.07, 6.45) is 0. The molecule has 0 spiro atoms. The van der Waals surface area contributed by atoms with Gasteiger partial charge in [0, 0.05) is 11.1 Å². The maximum atomic E-state index is 12.1. The molecule has 0 saturated heterocycles. The third-order valence-corrected chi connectivity index (χ3v) is 3.96. The Kier molecular flexibility index (Phi) is 2.33. The van der Waals surface area contributed by atoms with Crippen LogP contribution in [0.5, 0.6) is 0 Å². The third kappa shape index (κ3) is 1.35. The van der Waals surface area contributed by atoms with Crippen molar-refractivity contribution in [1.29, 1.82) is 0 Å². The first kappa shape index (κ1) is 13.0. The van der Waals surface area contributed by atoms with E-state index in [4.69, 9.17) is 9.47 Å². The molecule has 2 unspecified atom stereocenters. The fourth-order valence-electron chi connectivity index (χ4n) is 2.90. The van der Waals surface area contributed by atoms with Crippen molar-refractivity contribution < 1.29 is 29.3 Å². The van der Waals surface area contributed by atoms with Crippen LogP contribution in [-0.4, -0.2) is 22.2 Å². The molecule has 2 aromatic rings. The second kappa shape index (κ2) is 3.94. The fourth-order valence-corrected chi connectivity index (χ4v) is 2.90. The van der Waals surface area contributed by atoms with E-state index in [1.54, 1.807) is 24.3 Å². The molecule has 0 amide bonds. The predicted molar refractivity (Wildman–Crippen MR) is 71.5 cm³/mol. The summed E-state index contributed by atoms with van der Waals surface area (Å²) in [5, 5.41) is 21.7. The first-order valence-corrected chi connectivity index (χ1v) is 6.58. The predicted octanol–water partition coefficient (Wildman–Crippen LogP) is 1.02. The summed E-state index contributed by atoms with van der Waals surface area (Å²) >= 11 is 0. The van der Waals surface area contributed by atoms with Crippen molar-refractivity contribution in [1.82, 2.24) is 0 Å². The second-order valence-corrected chi connectivity index (χ2v) is 5.16. The van der Waals surface area contributed by atoms with Gasteiger partial charge in [0.15, 0.2) is 0 Å². The van der Waals surface area contributed by atoms with E-state index in [0.29, 0.717) is 0 Å². The van der Waals surface area contributed by atoms with Crippen LogP contribution in [0.1, 0.15) is 31.8 Å². The molecule has 22 heavy (non-hydrogen) atoms. The zero-order valence-electron chi connectivity index (χ0n) is 11.1. The van der Waals surface area contributed by atoms with Gasteiger partial charge in [-0.1, -0.05) is 36.4 Å². The van der Waals surface area contributed by atoms with E-state index in [0.717, 1.165) is 0 Å². The summed E-state index contributed by atoms with van der Waals surface area (Å²) in [7, 11) is 0. The summed E-state index contributed by atoms with van der Waals surface area (Å²) in [6.45, 7) is 0. The number of esters is 2. The minimum absolute atomic E-state index is 0.0170. The SMILES string of the molecule is O=C1OC2(O)c3ccccc3C(=O)OC2(O)c2ccccc21. The van der Waals surface area contributed by atoms with Gasteiger partial charge in [-0.05, 0) is 12.1 Å². The molecule has 110 valence electrons. The molecule has 0 fully saturated rings. The van der Waals surface area contributed by atoms with E-state index < -0.39 is 23.5 Å². The van der Waals surface area contributed by atoms with Gasteiger partial charge in [-0.2, -0.15) is 0 Å². The number of rotatable bonds is 0. The number of benzene rings is 2. The fraction of sp³-hybridized carbons (Fsp3) is 0.125. The molecular formula is C16H10O6. The van der Waals surface area contributed by atoms with Gasteiger partial charge in [-0.15, -0.1) is 0 Å². The first-order valence-electron chi connectivity index (χ1n) is 6.58. The molecule has 2 aromatic carbocycles. The monoisotopic (exact) mass is 298 g/mol. The molecule has 2 atom stereocenters. The molecular weight excluding hydrogens is 288 g/mol. The third-order valence-electron chi connectivity index (χ3n) is 3.96. The first-order chi connectivity index (χ1) is 10.5.